The summed E-state index contributed by atoms with van der Waals surface area (Å²) in [6, 6.07) is 7.21. The van der Waals surface area contributed by atoms with Crippen molar-refractivity contribution in [1.82, 2.24) is 0 Å². The number of para-hydroxylation sites is 1. The lowest BCUT2D eigenvalue weighted by molar-refractivity contribution is -0.137. The molecule has 0 atom stereocenters. The maximum Gasteiger partial charge on any atom is 0.330 e. The number of unbranched alkanes of at least 4 members (excludes halogenated alkanes) is 1. The summed E-state index contributed by atoms with van der Waals surface area (Å²) in [6.07, 6.45) is 5.44. The highest BCUT2D eigenvalue weighted by molar-refractivity contribution is 5.89. The first-order valence-electron chi connectivity index (χ1n) is 5.92. The molecule has 1 aromatic carbocycles. The van der Waals surface area contributed by atoms with E-state index >= 15 is 0 Å². The Balaban J connectivity index is 2.60. The molecule has 0 aliphatic carbocycles. The Morgan fingerprint density at radius 1 is 1.39 bits per heavy atom. The zero-order valence-electron chi connectivity index (χ0n) is 10.4. The minimum Gasteiger partial charge on any atom is -0.463 e. The van der Waals surface area contributed by atoms with Crippen molar-refractivity contribution in [2.24, 2.45) is 0 Å². The molecule has 0 fully saturated rings. The quantitative estimate of drug-likeness (QED) is 0.349. The van der Waals surface area contributed by atoms with Crippen molar-refractivity contribution in [3.63, 3.8) is 0 Å². The van der Waals surface area contributed by atoms with Crippen LogP contribution in [0.25, 0.3) is 6.08 Å². The standard InChI is InChI=1S/C14H17NO3/c1-2-3-10-18-14(17)9-8-12-6-4-5-7-13(12)15-11-16/h4-9,11H,2-3,10H2,1H3,(H,15,16)/b9-8+. The normalized spacial score (nSPS) is 10.3. The molecule has 0 aliphatic rings. The zero-order chi connectivity index (χ0) is 13.2. The van der Waals surface area contributed by atoms with Crippen molar-refractivity contribution in [1.29, 1.82) is 0 Å². The van der Waals surface area contributed by atoms with Crippen molar-refractivity contribution >= 4 is 24.1 Å². The van der Waals surface area contributed by atoms with E-state index in [4.69, 9.17) is 4.74 Å². The van der Waals surface area contributed by atoms with Gasteiger partial charge in [-0.25, -0.2) is 4.79 Å². The molecule has 1 aromatic rings. The van der Waals surface area contributed by atoms with Crippen LogP contribution in [0, 0.1) is 0 Å². The molecule has 0 unspecified atom stereocenters. The number of ether oxygens (including phenoxy) is 1. The van der Waals surface area contributed by atoms with E-state index in [1.807, 2.05) is 25.1 Å². The van der Waals surface area contributed by atoms with E-state index in [0.717, 1.165) is 18.4 Å². The molecular weight excluding hydrogens is 230 g/mol. The van der Waals surface area contributed by atoms with Crippen LogP contribution in [0.3, 0.4) is 0 Å². The molecule has 96 valence electrons. The molecule has 1 amide bonds. The van der Waals surface area contributed by atoms with Crippen molar-refractivity contribution in [3.05, 3.63) is 35.9 Å². The summed E-state index contributed by atoms with van der Waals surface area (Å²) in [6.45, 7) is 2.47. The number of nitrogens with one attached hydrogen (secondary N) is 1. The molecule has 0 aliphatic heterocycles. The zero-order valence-corrected chi connectivity index (χ0v) is 10.4. The van der Waals surface area contributed by atoms with Gasteiger partial charge in [-0.2, -0.15) is 0 Å². The van der Waals surface area contributed by atoms with Crippen LogP contribution in [0.2, 0.25) is 0 Å². The lowest BCUT2D eigenvalue weighted by atomic mass is 10.1. The van der Waals surface area contributed by atoms with Gasteiger partial charge in [0, 0.05) is 11.8 Å². The fraction of sp³-hybridized carbons (Fsp3) is 0.286. The summed E-state index contributed by atoms with van der Waals surface area (Å²) < 4.78 is 4.99. The number of carbonyl (C=O) groups excluding carboxylic acids is 2. The van der Waals surface area contributed by atoms with E-state index < -0.39 is 0 Å². The highest BCUT2D eigenvalue weighted by Gasteiger charge is 1.99. The van der Waals surface area contributed by atoms with Gasteiger partial charge in [-0.05, 0) is 24.1 Å². The van der Waals surface area contributed by atoms with Crippen LogP contribution in [-0.4, -0.2) is 19.0 Å². The third-order valence-electron chi connectivity index (χ3n) is 2.32. The third kappa shape index (κ3) is 4.82. The Labute approximate surface area is 107 Å². The topological polar surface area (TPSA) is 55.4 Å². The van der Waals surface area contributed by atoms with Crippen LogP contribution in [-0.2, 0) is 14.3 Å². The van der Waals surface area contributed by atoms with Crippen LogP contribution in [0.5, 0.6) is 0 Å². The Bertz CT molecular complexity index is 427. The Morgan fingerprint density at radius 3 is 2.89 bits per heavy atom. The SMILES string of the molecule is CCCCOC(=O)/C=C/c1ccccc1NC=O. The monoisotopic (exact) mass is 247 g/mol. The van der Waals surface area contributed by atoms with E-state index in [1.54, 1.807) is 12.1 Å². The number of amides is 1. The largest absolute Gasteiger partial charge is 0.463 e. The molecule has 4 nitrogen and oxygen atoms in total. The fourth-order valence-electron chi connectivity index (χ4n) is 1.36. The molecule has 1 rings (SSSR count). The van der Waals surface area contributed by atoms with Gasteiger partial charge in [0.15, 0.2) is 0 Å². The molecule has 0 saturated carbocycles. The van der Waals surface area contributed by atoms with Crippen LogP contribution in [0.4, 0.5) is 5.69 Å². The number of esters is 1. The molecule has 0 aromatic heterocycles. The van der Waals surface area contributed by atoms with Crippen LogP contribution >= 0.6 is 0 Å². The first kappa shape index (κ1) is 14.0. The minimum absolute atomic E-state index is 0.371. The van der Waals surface area contributed by atoms with E-state index in [0.29, 0.717) is 18.7 Å². The number of rotatable bonds is 7. The molecule has 0 saturated heterocycles. The number of benzene rings is 1. The van der Waals surface area contributed by atoms with Crippen LogP contribution in [0.1, 0.15) is 25.3 Å². The average molecular weight is 247 g/mol. The molecular formula is C14H17NO3. The number of hydrogen-bond donors (Lipinski definition) is 1. The molecule has 0 heterocycles. The summed E-state index contributed by atoms with van der Waals surface area (Å²) in [4.78, 5) is 21.8. The van der Waals surface area contributed by atoms with E-state index in [9.17, 15) is 9.59 Å². The van der Waals surface area contributed by atoms with Gasteiger partial charge in [0.2, 0.25) is 6.41 Å². The highest BCUT2D eigenvalue weighted by atomic mass is 16.5. The number of anilines is 1. The molecule has 1 N–H and O–H groups in total. The lowest BCUT2D eigenvalue weighted by Gasteiger charge is -2.03. The summed E-state index contributed by atoms with van der Waals surface area (Å²) in [7, 11) is 0. The smallest absolute Gasteiger partial charge is 0.330 e. The first-order valence-corrected chi connectivity index (χ1v) is 5.92. The third-order valence-corrected chi connectivity index (χ3v) is 2.32. The van der Waals surface area contributed by atoms with E-state index in [2.05, 4.69) is 5.32 Å². The maximum atomic E-state index is 11.4. The van der Waals surface area contributed by atoms with Crippen molar-refractivity contribution in [2.45, 2.75) is 19.8 Å². The summed E-state index contributed by atoms with van der Waals surface area (Å²) in [5.41, 5.74) is 1.42. The van der Waals surface area contributed by atoms with Gasteiger partial charge in [0.25, 0.3) is 0 Å². The van der Waals surface area contributed by atoms with Gasteiger partial charge in [-0.1, -0.05) is 31.5 Å². The number of hydrogen-bond acceptors (Lipinski definition) is 3. The Kier molecular flexibility index (Phi) is 6.25. The Morgan fingerprint density at radius 2 is 2.17 bits per heavy atom. The van der Waals surface area contributed by atoms with Crippen molar-refractivity contribution in [3.8, 4) is 0 Å². The predicted molar refractivity (Wildman–Crippen MR) is 71.0 cm³/mol. The van der Waals surface area contributed by atoms with Crippen molar-refractivity contribution < 1.29 is 14.3 Å². The minimum atomic E-state index is -0.371. The molecule has 0 bridgehead atoms. The highest BCUT2D eigenvalue weighted by Crippen LogP contribution is 2.15. The summed E-state index contributed by atoms with van der Waals surface area (Å²) >= 11 is 0. The molecule has 18 heavy (non-hydrogen) atoms. The average Bonchev–Trinajstić information content (AvgIpc) is 2.38. The second kappa shape index (κ2) is 8.06. The maximum absolute atomic E-state index is 11.4. The van der Waals surface area contributed by atoms with Crippen molar-refractivity contribution in [2.75, 3.05) is 11.9 Å². The van der Waals surface area contributed by atoms with Gasteiger partial charge in [-0.15, -0.1) is 0 Å². The second-order valence-corrected chi connectivity index (χ2v) is 3.70. The Hall–Kier alpha value is -2.10. The van der Waals surface area contributed by atoms with Gasteiger partial charge < -0.3 is 10.1 Å². The summed E-state index contributed by atoms with van der Waals surface area (Å²) in [5, 5.41) is 2.57. The number of carbonyl (C=O) groups is 2. The van der Waals surface area contributed by atoms with E-state index in [-0.39, 0.29) is 5.97 Å². The van der Waals surface area contributed by atoms with Gasteiger partial charge >= 0.3 is 5.97 Å². The van der Waals surface area contributed by atoms with E-state index in [1.165, 1.54) is 6.08 Å². The first-order chi connectivity index (χ1) is 8.77. The van der Waals surface area contributed by atoms with Gasteiger partial charge in [0.05, 0.1) is 6.61 Å². The molecule has 0 spiro atoms. The van der Waals surface area contributed by atoms with Gasteiger partial charge in [0.1, 0.15) is 0 Å². The second-order valence-electron chi connectivity index (χ2n) is 3.70. The molecule has 4 heteroatoms. The summed E-state index contributed by atoms with van der Waals surface area (Å²) in [5.74, 6) is -0.371. The van der Waals surface area contributed by atoms with Gasteiger partial charge in [-0.3, -0.25) is 4.79 Å². The lowest BCUT2D eigenvalue weighted by Crippen LogP contribution is -2.02. The molecule has 0 radical (unpaired) electrons. The van der Waals surface area contributed by atoms with Crippen LogP contribution < -0.4 is 5.32 Å². The van der Waals surface area contributed by atoms with Crippen LogP contribution in [0.15, 0.2) is 30.3 Å². The predicted octanol–water partition coefficient (Wildman–Crippen LogP) is 2.61. The fourth-order valence-corrected chi connectivity index (χ4v) is 1.36.